The fourth-order valence-corrected chi connectivity index (χ4v) is 3.31. The van der Waals surface area contributed by atoms with Crippen molar-refractivity contribution in [1.82, 2.24) is 0 Å². The Hall–Kier alpha value is -0.900. The number of rotatable bonds is 7. The molecule has 112 valence electrons. The van der Waals surface area contributed by atoms with Gasteiger partial charge in [0.25, 0.3) is 0 Å². The summed E-state index contributed by atoms with van der Waals surface area (Å²) < 4.78 is 6.60. The Bertz CT molecular complexity index is 525. The smallest absolute Gasteiger partial charge is 0.220 e. The summed E-state index contributed by atoms with van der Waals surface area (Å²) in [6.07, 6.45) is 1.36. The second-order valence-corrected chi connectivity index (χ2v) is 7.07. The molecule has 0 heterocycles. The Morgan fingerprint density at radius 1 is 1.48 bits per heavy atom. The summed E-state index contributed by atoms with van der Waals surface area (Å²) in [5.41, 5.74) is 0.686. The van der Waals surface area contributed by atoms with Crippen LogP contribution in [0.1, 0.15) is 36.5 Å². The highest BCUT2D eigenvalue weighted by molar-refractivity contribution is 9.10. The van der Waals surface area contributed by atoms with Gasteiger partial charge in [0, 0.05) is 28.1 Å². The molecule has 0 N–H and O–H groups in total. The van der Waals surface area contributed by atoms with Gasteiger partial charge < -0.3 is 4.74 Å². The van der Waals surface area contributed by atoms with E-state index in [1.807, 2.05) is 19.1 Å². The lowest BCUT2D eigenvalue weighted by atomic mass is 10.0. The van der Waals surface area contributed by atoms with E-state index in [1.165, 1.54) is 11.8 Å². The molecule has 0 amide bonds. The van der Waals surface area contributed by atoms with Crippen LogP contribution in [0.25, 0.3) is 0 Å². The molecule has 0 radical (unpaired) electrons. The van der Waals surface area contributed by atoms with E-state index in [0.717, 1.165) is 4.47 Å². The largest absolute Gasteiger partial charge is 0.479 e. The van der Waals surface area contributed by atoms with Crippen molar-refractivity contribution >= 4 is 50.1 Å². The van der Waals surface area contributed by atoms with Crippen LogP contribution in [0, 0.1) is 11.3 Å². The van der Waals surface area contributed by atoms with Gasteiger partial charge in [-0.15, -0.1) is 0 Å². The quantitative estimate of drug-likeness (QED) is 0.500. The second kappa shape index (κ2) is 9.93. The van der Waals surface area contributed by atoms with E-state index in [-0.39, 0.29) is 11.0 Å². The average molecular weight is 386 g/mol. The third-order valence-corrected chi connectivity index (χ3v) is 4.68. The zero-order valence-corrected chi connectivity index (χ0v) is 14.9. The van der Waals surface area contributed by atoms with Crippen molar-refractivity contribution in [2.24, 2.45) is 0 Å². The van der Waals surface area contributed by atoms with Crippen LogP contribution in [-0.4, -0.2) is 22.0 Å². The first-order valence-corrected chi connectivity index (χ1v) is 8.64. The SMILES string of the molecule is CCOC(=S)SC(CC#N)CCC(=O)c1ccc(Br)cc1. The van der Waals surface area contributed by atoms with Gasteiger partial charge in [-0.2, -0.15) is 5.26 Å². The van der Waals surface area contributed by atoms with Crippen LogP contribution in [0.3, 0.4) is 0 Å². The zero-order valence-electron chi connectivity index (χ0n) is 11.7. The van der Waals surface area contributed by atoms with E-state index >= 15 is 0 Å². The molecule has 1 rings (SSSR count). The minimum atomic E-state index is -0.00607. The maximum Gasteiger partial charge on any atom is 0.220 e. The highest BCUT2D eigenvalue weighted by atomic mass is 79.9. The van der Waals surface area contributed by atoms with Gasteiger partial charge in [0.1, 0.15) is 0 Å². The number of halogens is 1. The van der Waals surface area contributed by atoms with E-state index in [9.17, 15) is 4.79 Å². The van der Waals surface area contributed by atoms with Crippen LogP contribution in [0.5, 0.6) is 0 Å². The van der Waals surface area contributed by atoms with E-state index in [2.05, 4.69) is 22.0 Å². The Morgan fingerprint density at radius 2 is 2.14 bits per heavy atom. The van der Waals surface area contributed by atoms with Crippen LogP contribution in [0.2, 0.25) is 0 Å². The lowest BCUT2D eigenvalue weighted by Gasteiger charge is -2.13. The first kappa shape index (κ1) is 18.1. The summed E-state index contributed by atoms with van der Waals surface area (Å²) in [5.74, 6) is 0.0772. The average Bonchev–Trinajstić information content (AvgIpc) is 2.45. The van der Waals surface area contributed by atoms with Crippen molar-refractivity contribution in [2.75, 3.05) is 6.61 Å². The third-order valence-electron chi connectivity index (χ3n) is 2.70. The van der Waals surface area contributed by atoms with E-state index in [1.54, 1.807) is 12.1 Å². The number of ether oxygens (including phenoxy) is 1. The molecule has 0 saturated carbocycles. The Labute approximate surface area is 143 Å². The van der Waals surface area contributed by atoms with E-state index in [4.69, 9.17) is 22.2 Å². The third kappa shape index (κ3) is 7.07. The lowest BCUT2D eigenvalue weighted by Crippen LogP contribution is -2.10. The molecule has 0 aliphatic carbocycles. The molecule has 0 aliphatic rings. The van der Waals surface area contributed by atoms with Crippen LogP contribution < -0.4 is 0 Å². The van der Waals surface area contributed by atoms with Gasteiger partial charge in [-0.05, 0) is 37.7 Å². The molecular formula is C15H16BrNO2S2. The maximum absolute atomic E-state index is 12.1. The standard InChI is InChI=1S/C15H16BrNO2S2/c1-2-19-15(20)21-13(9-10-17)7-8-14(18)11-3-5-12(16)6-4-11/h3-6,13H,2,7-9H2,1H3. The summed E-state index contributed by atoms with van der Waals surface area (Å²) in [7, 11) is 0. The number of carbonyl (C=O) groups excluding carboxylic acids is 1. The molecule has 0 fully saturated rings. The Morgan fingerprint density at radius 3 is 2.71 bits per heavy atom. The Balaban J connectivity index is 2.52. The molecule has 1 atom stereocenters. The normalized spacial score (nSPS) is 11.5. The summed E-state index contributed by atoms with van der Waals surface area (Å²) in [5, 5.41) is 8.85. The minimum Gasteiger partial charge on any atom is -0.479 e. The predicted molar refractivity (Wildman–Crippen MR) is 93.5 cm³/mol. The highest BCUT2D eigenvalue weighted by Crippen LogP contribution is 2.23. The number of ketones is 1. The fourth-order valence-electron chi connectivity index (χ4n) is 1.66. The predicted octanol–water partition coefficient (Wildman–Crippen LogP) is 4.75. The van der Waals surface area contributed by atoms with Gasteiger partial charge >= 0.3 is 0 Å². The van der Waals surface area contributed by atoms with Gasteiger partial charge in [0.2, 0.25) is 4.38 Å². The summed E-state index contributed by atoms with van der Waals surface area (Å²) in [4.78, 5) is 12.1. The van der Waals surface area contributed by atoms with Crippen LogP contribution in [0.4, 0.5) is 0 Å². The minimum absolute atomic E-state index is 0.00607. The van der Waals surface area contributed by atoms with Gasteiger partial charge in [0.15, 0.2) is 5.78 Å². The van der Waals surface area contributed by atoms with Crippen LogP contribution in [0.15, 0.2) is 28.7 Å². The molecule has 0 spiro atoms. The topological polar surface area (TPSA) is 50.1 Å². The molecule has 1 aromatic rings. The molecule has 1 unspecified atom stereocenters. The summed E-state index contributed by atoms with van der Waals surface area (Å²) in [6.45, 7) is 2.38. The number of benzene rings is 1. The Kier molecular flexibility index (Phi) is 8.58. The van der Waals surface area contributed by atoms with Crippen LogP contribution in [-0.2, 0) is 4.74 Å². The number of nitriles is 1. The number of Topliss-reactive ketones (excluding diaryl/α,β-unsaturated/α-hetero) is 1. The number of nitrogens with zero attached hydrogens (tertiary/aromatic N) is 1. The molecule has 1 aromatic carbocycles. The second-order valence-electron chi connectivity index (χ2n) is 4.25. The van der Waals surface area contributed by atoms with Gasteiger partial charge in [-0.3, -0.25) is 4.79 Å². The molecule has 6 heteroatoms. The fraction of sp³-hybridized carbons (Fsp3) is 0.400. The van der Waals surface area contributed by atoms with E-state index in [0.29, 0.717) is 35.8 Å². The molecule has 0 bridgehead atoms. The zero-order chi connectivity index (χ0) is 15.7. The van der Waals surface area contributed by atoms with Crippen molar-refractivity contribution in [1.29, 1.82) is 5.26 Å². The van der Waals surface area contributed by atoms with Crippen molar-refractivity contribution in [3.05, 3.63) is 34.3 Å². The van der Waals surface area contributed by atoms with Crippen LogP contribution >= 0.6 is 39.9 Å². The highest BCUT2D eigenvalue weighted by Gasteiger charge is 2.15. The van der Waals surface area contributed by atoms with E-state index < -0.39 is 0 Å². The van der Waals surface area contributed by atoms with Gasteiger partial charge in [0.05, 0.1) is 12.7 Å². The monoisotopic (exact) mass is 385 g/mol. The first-order valence-electron chi connectivity index (χ1n) is 6.56. The van der Waals surface area contributed by atoms with Gasteiger partial charge in [-0.1, -0.05) is 39.8 Å². The van der Waals surface area contributed by atoms with Crippen molar-refractivity contribution in [3.8, 4) is 6.07 Å². The number of hydrogen-bond acceptors (Lipinski definition) is 5. The number of carbonyl (C=O) groups is 1. The first-order chi connectivity index (χ1) is 10.1. The van der Waals surface area contributed by atoms with Gasteiger partial charge in [-0.25, -0.2) is 0 Å². The maximum atomic E-state index is 12.1. The van der Waals surface area contributed by atoms with Crippen molar-refractivity contribution < 1.29 is 9.53 Å². The summed E-state index contributed by atoms with van der Waals surface area (Å²) in [6, 6.07) is 9.42. The molecule has 0 saturated heterocycles. The molecule has 3 nitrogen and oxygen atoms in total. The molecular weight excluding hydrogens is 370 g/mol. The van der Waals surface area contributed by atoms with Crippen molar-refractivity contribution in [3.63, 3.8) is 0 Å². The van der Waals surface area contributed by atoms with Crippen molar-refractivity contribution in [2.45, 2.75) is 31.4 Å². The molecule has 0 aromatic heterocycles. The number of thioether (sulfide) groups is 1. The number of thiocarbonyl (C=S) groups is 1. The molecule has 0 aliphatic heterocycles. The lowest BCUT2D eigenvalue weighted by molar-refractivity contribution is 0.0980. The summed E-state index contributed by atoms with van der Waals surface area (Å²) >= 11 is 9.77. The molecule has 21 heavy (non-hydrogen) atoms. The number of hydrogen-bond donors (Lipinski definition) is 0.